The van der Waals surface area contributed by atoms with Crippen LogP contribution >= 0.6 is 0 Å². The van der Waals surface area contributed by atoms with Crippen molar-refractivity contribution >= 4 is 0 Å². The molecule has 1 aromatic heterocycles. The van der Waals surface area contributed by atoms with E-state index in [9.17, 15) is 4.39 Å². The largest absolute Gasteiger partial charge is 0.494 e. The molecule has 1 atom stereocenters. The highest BCUT2D eigenvalue weighted by molar-refractivity contribution is 5.64. The molecule has 158 valence electrons. The first-order valence-electron chi connectivity index (χ1n) is 10.3. The topological polar surface area (TPSA) is 39.5 Å². The molecule has 5 nitrogen and oxygen atoms in total. The van der Waals surface area contributed by atoms with E-state index in [0.717, 1.165) is 60.7 Å². The minimum Gasteiger partial charge on any atom is -0.494 e. The molecule has 1 fully saturated rings. The molecular formula is C24H28FN3O2. The Labute approximate surface area is 177 Å². The average molecular weight is 410 g/mol. The van der Waals surface area contributed by atoms with Crippen LogP contribution in [0.3, 0.4) is 0 Å². The Bertz CT molecular complexity index is 1020. The van der Waals surface area contributed by atoms with Crippen molar-refractivity contribution in [2.45, 2.75) is 19.9 Å². The molecular weight excluding hydrogens is 381 g/mol. The third-order valence-corrected chi connectivity index (χ3v) is 5.74. The molecule has 0 radical (unpaired) electrons. The molecule has 0 N–H and O–H groups in total. The summed E-state index contributed by atoms with van der Waals surface area (Å²) in [6.07, 6.45) is 3.20. The summed E-state index contributed by atoms with van der Waals surface area (Å²) in [4.78, 5) is 2.42. The SMILES string of the molecule is COCC1CCN(Cc2cn(-c3ccccc3C)nc2-c2ccc(OC)c(F)c2)C1. The molecule has 3 aromatic rings. The van der Waals surface area contributed by atoms with Gasteiger partial charge in [-0.2, -0.15) is 5.10 Å². The van der Waals surface area contributed by atoms with Crippen LogP contribution in [-0.2, 0) is 11.3 Å². The van der Waals surface area contributed by atoms with Crippen molar-refractivity contribution in [2.75, 3.05) is 33.9 Å². The van der Waals surface area contributed by atoms with Crippen LogP contribution in [0.15, 0.2) is 48.7 Å². The van der Waals surface area contributed by atoms with E-state index in [0.29, 0.717) is 5.92 Å². The molecule has 1 saturated heterocycles. The summed E-state index contributed by atoms with van der Waals surface area (Å²) < 4.78 is 26.7. The lowest BCUT2D eigenvalue weighted by molar-refractivity contribution is 0.152. The summed E-state index contributed by atoms with van der Waals surface area (Å²) in [5, 5.41) is 4.86. The van der Waals surface area contributed by atoms with Gasteiger partial charge in [0.05, 0.1) is 25.1 Å². The highest BCUT2D eigenvalue weighted by Crippen LogP contribution is 2.30. The Balaban J connectivity index is 1.70. The molecule has 2 heterocycles. The molecule has 30 heavy (non-hydrogen) atoms. The zero-order valence-corrected chi connectivity index (χ0v) is 17.8. The van der Waals surface area contributed by atoms with Gasteiger partial charge in [-0.05, 0) is 55.6 Å². The van der Waals surface area contributed by atoms with E-state index in [1.807, 2.05) is 22.9 Å². The highest BCUT2D eigenvalue weighted by atomic mass is 19.1. The number of para-hydroxylation sites is 1. The Morgan fingerprint density at radius 3 is 2.73 bits per heavy atom. The standard InChI is InChI=1S/C24H28FN3O2/c1-17-6-4-5-7-22(17)28-15-20(14-27-11-10-18(13-27)16-29-2)24(26-28)19-8-9-23(30-3)21(25)12-19/h4-9,12,15,18H,10-11,13-14,16H2,1-3H3. The van der Waals surface area contributed by atoms with Gasteiger partial charge in [0.25, 0.3) is 0 Å². The quantitative estimate of drug-likeness (QED) is 0.578. The van der Waals surface area contributed by atoms with Gasteiger partial charge in [-0.15, -0.1) is 0 Å². The highest BCUT2D eigenvalue weighted by Gasteiger charge is 2.24. The molecule has 2 aromatic carbocycles. The fraction of sp³-hybridized carbons (Fsp3) is 0.375. The number of hydrogen-bond donors (Lipinski definition) is 0. The van der Waals surface area contributed by atoms with Crippen molar-refractivity contribution in [1.82, 2.24) is 14.7 Å². The lowest BCUT2D eigenvalue weighted by atomic mass is 10.1. The first kappa shape index (κ1) is 20.6. The molecule has 0 amide bonds. The van der Waals surface area contributed by atoms with Gasteiger partial charge in [0.2, 0.25) is 0 Å². The molecule has 6 heteroatoms. The van der Waals surface area contributed by atoms with Gasteiger partial charge >= 0.3 is 0 Å². The van der Waals surface area contributed by atoms with Crippen molar-refractivity contribution in [3.8, 4) is 22.7 Å². The molecule has 0 bridgehead atoms. The van der Waals surface area contributed by atoms with Crippen molar-refractivity contribution in [1.29, 1.82) is 0 Å². The summed E-state index contributed by atoms with van der Waals surface area (Å²) in [6.45, 7) is 5.66. The predicted molar refractivity (Wildman–Crippen MR) is 116 cm³/mol. The van der Waals surface area contributed by atoms with Crippen LogP contribution < -0.4 is 4.74 Å². The van der Waals surface area contributed by atoms with Gasteiger partial charge in [-0.3, -0.25) is 4.90 Å². The maximum absolute atomic E-state index is 14.4. The van der Waals surface area contributed by atoms with E-state index in [1.54, 1.807) is 13.2 Å². The van der Waals surface area contributed by atoms with Crippen molar-refractivity contribution in [3.63, 3.8) is 0 Å². The molecule has 0 aliphatic carbocycles. The van der Waals surface area contributed by atoms with Gasteiger partial charge in [0.15, 0.2) is 11.6 Å². The van der Waals surface area contributed by atoms with E-state index in [1.165, 1.54) is 13.2 Å². The summed E-state index contributed by atoms with van der Waals surface area (Å²) in [5.41, 5.74) is 4.80. The summed E-state index contributed by atoms with van der Waals surface area (Å²) in [5.74, 6) is 0.414. The number of benzene rings is 2. The Morgan fingerprint density at radius 2 is 2.00 bits per heavy atom. The van der Waals surface area contributed by atoms with Gasteiger partial charge in [-0.25, -0.2) is 9.07 Å². The predicted octanol–water partition coefficient (Wildman–Crippen LogP) is 4.46. The number of halogens is 1. The number of likely N-dealkylation sites (tertiary alicyclic amines) is 1. The Hall–Kier alpha value is -2.70. The molecule has 4 rings (SSSR count). The maximum atomic E-state index is 14.4. The van der Waals surface area contributed by atoms with E-state index in [4.69, 9.17) is 14.6 Å². The zero-order chi connectivity index (χ0) is 21.1. The van der Waals surface area contributed by atoms with E-state index < -0.39 is 0 Å². The molecule has 0 saturated carbocycles. The van der Waals surface area contributed by atoms with Gasteiger partial charge in [0.1, 0.15) is 0 Å². The molecule has 1 aliphatic rings. The number of nitrogens with zero attached hydrogens (tertiary/aromatic N) is 3. The van der Waals surface area contributed by atoms with E-state index in [2.05, 4.69) is 30.2 Å². The summed E-state index contributed by atoms with van der Waals surface area (Å²) in [6, 6.07) is 13.2. The smallest absolute Gasteiger partial charge is 0.165 e. The van der Waals surface area contributed by atoms with E-state index in [-0.39, 0.29) is 11.6 Å². The third-order valence-electron chi connectivity index (χ3n) is 5.74. The zero-order valence-electron chi connectivity index (χ0n) is 17.8. The van der Waals surface area contributed by atoms with Gasteiger partial charge < -0.3 is 9.47 Å². The lowest BCUT2D eigenvalue weighted by Gasteiger charge is -2.16. The Kier molecular flexibility index (Phi) is 6.16. The number of hydrogen-bond acceptors (Lipinski definition) is 4. The number of aromatic nitrogens is 2. The van der Waals surface area contributed by atoms with Crippen LogP contribution in [0, 0.1) is 18.7 Å². The maximum Gasteiger partial charge on any atom is 0.165 e. The summed E-state index contributed by atoms with van der Waals surface area (Å²) >= 11 is 0. The minimum absolute atomic E-state index is 0.237. The van der Waals surface area contributed by atoms with Crippen LogP contribution in [0.5, 0.6) is 5.75 Å². The second-order valence-corrected chi connectivity index (χ2v) is 7.93. The average Bonchev–Trinajstić information content (AvgIpc) is 3.36. The molecule has 1 aliphatic heterocycles. The monoisotopic (exact) mass is 409 g/mol. The minimum atomic E-state index is -0.382. The number of ether oxygens (including phenoxy) is 2. The summed E-state index contributed by atoms with van der Waals surface area (Å²) in [7, 11) is 3.23. The Morgan fingerprint density at radius 1 is 1.17 bits per heavy atom. The first-order valence-corrected chi connectivity index (χ1v) is 10.3. The first-order chi connectivity index (χ1) is 14.6. The third kappa shape index (κ3) is 4.25. The van der Waals surface area contributed by atoms with Crippen LogP contribution in [0.2, 0.25) is 0 Å². The van der Waals surface area contributed by atoms with Gasteiger partial charge in [0, 0.05) is 37.5 Å². The fourth-order valence-electron chi connectivity index (χ4n) is 4.20. The second-order valence-electron chi connectivity index (χ2n) is 7.93. The van der Waals surface area contributed by atoms with Crippen LogP contribution in [0.4, 0.5) is 4.39 Å². The van der Waals surface area contributed by atoms with Crippen molar-refractivity contribution in [3.05, 3.63) is 65.6 Å². The second kappa shape index (κ2) is 8.98. The lowest BCUT2D eigenvalue weighted by Crippen LogP contribution is -2.21. The van der Waals surface area contributed by atoms with E-state index >= 15 is 0 Å². The molecule has 0 spiro atoms. The van der Waals surface area contributed by atoms with Crippen LogP contribution in [-0.4, -0.2) is 48.6 Å². The van der Waals surface area contributed by atoms with Gasteiger partial charge in [-0.1, -0.05) is 18.2 Å². The molecule has 1 unspecified atom stereocenters. The number of methoxy groups -OCH3 is 2. The van der Waals surface area contributed by atoms with Crippen molar-refractivity contribution < 1.29 is 13.9 Å². The van der Waals surface area contributed by atoms with Crippen LogP contribution in [0.25, 0.3) is 16.9 Å². The number of rotatable bonds is 7. The normalized spacial score (nSPS) is 16.9. The van der Waals surface area contributed by atoms with Crippen LogP contribution in [0.1, 0.15) is 17.5 Å². The number of aryl methyl sites for hydroxylation is 1. The van der Waals surface area contributed by atoms with Crippen molar-refractivity contribution in [2.24, 2.45) is 5.92 Å². The fourth-order valence-corrected chi connectivity index (χ4v) is 4.20.